The molecule has 8 nitrogen and oxygen atoms in total. The summed E-state index contributed by atoms with van der Waals surface area (Å²) in [7, 11) is 3.08. The van der Waals surface area contributed by atoms with E-state index in [0.29, 0.717) is 12.1 Å². The quantitative estimate of drug-likeness (QED) is 0.427. The minimum Gasteiger partial charge on any atom is -0.352 e. The number of carbonyl (C=O) groups excluding carboxylic acids is 3. The molecule has 0 heterocycles. The highest BCUT2D eigenvalue weighted by molar-refractivity contribution is 5.95. The highest BCUT2D eigenvalue weighted by atomic mass is 16.7. The van der Waals surface area contributed by atoms with Crippen molar-refractivity contribution in [1.29, 1.82) is 0 Å². The lowest BCUT2D eigenvalue weighted by molar-refractivity contribution is -0.128. The molecule has 8 heteroatoms. The summed E-state index contributed by atoms with van der Waals surface area (Å²) in [6, 6.07) is 6.30. The molecule has 1 aromatic rings. The summed E-state index contributed by atoms with van der Waals surface area (Å²) in [6.07, 6.45) is 0.00133. The molecule has 0 aliphatic rings. The second-order valence-electron chi connectivity index (χ2n) is 5.70. The summed E-state index contributed by atoms with van der Waals surface area (Å²) in [6.45, 7) is 3.41. The van der Waals surface area contributed by atoms with Crippen LogP contribution in [0, 0.1) is 5.92 Å². The van der Waals surface area contributed by atoms with E-state index in [1.807, 2.05) is 0 Å². The highest BCUT2D eigenvalue weighted by Crippen LogP contribution is 2.19. The standard InChI is InChI=1S/C17H25N3O5/c1-11(2)15(19-10-21)16(23)18-9-14(22)20-13-7-5-12(6-8-13)17(24-3)25-4/h5-8,10-11,15,17H,9H2,1-4H3,(H,18,23)(H,19,21)(H,20,22). The van der Waals surface area contributed by atoms with Crippen LogP contribution in [0.3, 0.4) is 0 Å². The summed E-state index contributed by atoms with van der Waals surface area (Å²) in [5.41, 5.74) is 1.40. The van der Waals surface area contributed by atoms with E-state index in [1.165, 1.54) is 14.2 Å². The van der Waals surface area contributed by atoms with Crippen LogP contribution in [0.15, 0.2) is 24.3 Å². The first kappa shape index (κ1) is 20.6. The van der Waals surface area contributed by atoms with Gasteiger partial charge in [-0.1, -0.05) is 26.0 Å². The van der Waals surface area contributed by atoms with Crippen LogP contribution in [0.2, 0.25) is 0 Å². The molecule has 1 aromatic carbocycles. The Balaban J connectivity index is 2.54. The molecule has 0 aliphatic carbocycles. The van der Waals surface area contributed by atoms with Crippen molar-refractivity contribution in [3.8, 4) is 0 Å². The Morgan fingerprint density at radius 2 is 1.72 bits per heavy atom. The number of carbonyl (C=O) groups is 3. The molecule has 0 bridgehead atoms. The smallest absolute Gasteiger partial charge is 0.243 e. The molecule has 0 spiro atoms. The Labute approximate surface area is 147 Å². The molecular formula is C17H25N3O5. The van der Waals surface area contributed by atoms with Gasteiger partial charge in [-0.15, -0.1) is 0 Å². The van der Waals surface area contributed by atoms with Crippen LogP contribution in [0.4, 0.5) is 5.69 Å². The third kappa shape index (κ3) is 6.52. The van der Waals surface area contributed by atoms with E-state index in [0.717, 1.165) is 5.56 Å². The van der Waals surface area contributed by atoms with Crippen LogP contribution in [0.1, 0.15) is 25.7 Å². The second-order valence-corrected chi connectivity index (χ2v) is 5.70. The molecule has 138 valence electrons. The number of hydrogen-bond donors (Lipinski definition) is 3. The van der Waals surface area contributed by atoms with E-state index in [4.69, 9.17) is 9.47 Å². The SMILES string of the molecule is COC(OC)c1ccc(NC(=O)CNC(=O)C(NC=O)C(C)C)cc1. The van der Waals surface area contributed by atoms with Crippen molar-refractivity contribution >= 4 is 23.9 Å². The van der Waals surface area contributed by atoms with Crippen LogP contribution >= 0.6 is 0 Å². The van der Waals surface area contributed by atoms with Gasteiger partial charge < -0.3 is 25.4 Å². The maximum absolute atomic E-state index is 12.0. The first-order valence-electron chi connectivity index (χ1n) is 7.85. The third-order valence-corrected chi connectivity index (χ3v) is 3.51. The molecule has 0 aromatic heterocycles. The van der Waals surface area contributed by atoms with Gasteiger partial charge >= 0.3 is 0 Å². The molecule has 1 atom stereocenters. The van der Waals surface area contributed by atoms with E-state index < -0.39 is 18.2 Å². The number of anilines is 1. The van der Waals surface area contributed by atoms with E-state index in [2.05, 4.69) is 16.0 Å². The maximum Gasteiger partial charge on any atom is 0.243 e. The first-order valence-corrected chi connectivity index (χ1v) is 7.85. The van der Waals surface area contributed by atoms with Crippen molar-refractivity contribution in [3.63, 3.8) is 0 Å². The van der Waals surface area contributed by atoms with E-state index in [-0.39, 0.29) is 18.4 Å². The van der Waals surface area contributed by atoms with Crippen LogP contribution in [-0.4, -0.2) is 45.0 Å². The van der Waals surface area contributed by atoms with E-state index >= 15 is 0 Å². The fourth-order valence-corrected chi connectivity index (χ4v) is 2.22. The topological polar surface area (TPSA) is 106 Å². The van der Waals surface area contributed by atoms with Crippen LogP contribution < -0.4 is 16.0 Å². The highest BCUT2D eigenvalue weighted by Gasteiger charge is 2.21. The minimum atomic E-state index is -0.676. The van der Waals surface area contributed by atoms with Gasteiger partial charge in [0, 0.05) is 25.5 Å². The van der Waals surface area contributed by atoms with Crippen molar-refractivity contribution in [1.82, 2.24) is 10.6 Å². The van der Waals surface area contributed by atoms with Gasteiger partial charge in [-0.3, -0.25) is 14.4 Å². The Morgan fingerprint density at radius 3 is 2.20 bits per heavy atom. The third-order valence-electron chi connectivity index (χ3n) is 3.51. The van der Waals surface area contributed by atoms with Gasteiger partial charge in [-0.25, -0.2) is 0 Å². The summed E-state index contributed by atoms with van der Waals surface area (Å²) in [4.78, 5) is 34.4. The van der Waals surface area contributed by atoms with E-state index in [1.54, 1.807) is 38.1 Å². The molecule has 0 aliphatic heterocycles. The Hall–Kier alpha value is -2.45. The molecule has 0 fully saturated rings. The number of hydrogen-bond acceptors (Lipinski definition) is 5. The number of rotatable bonds is 10. The Morgan fingerprint density at radius 1 is 1.12 bits per heavy atom. The predicted molar refractivity (Wildman–Crippen MR) is 92.7 cm³/mol. The molecular weight excluding hydrogens is 326 g/mol. The monoisotopic (exact) mass is 351 g/mol. The number of benzene rings is 1. The lowest BCUT2D eigenvalue weighted by atomic mass is 10.0. The molecule has 0 saturated heterocycles. The summed E-state index contributed by atoms with van der Waals surface area (Å²) < 4.78 is 10.3. The van der Waals surface area contributed by atoms with Gasteiger partial charge in [-0.2, -0.15) is 0 Å². The van der Waals surface area contributed by atoms with Crippen LogP contribution in [0.5, 0.6) is 0 Å². The summed E-state index contributed by atoms with van der Waals surface area (Å²) in [5, 5.41) is 7.61. The zero-order valence-corrected chi connectivity index (χ0v) is 14.9. The van der Waals surface area contributed by atoms with Crippen molar-refractivity contribution in [2.75, 3.05) is 26.1 Å². The van der Waals surface area contributed by atoms with Gasteiger partial charge in [0.05, 0.1) is 6.54 Å². The minimum absolute atomic E-state index is 0.0877. The molecule has 25 heavy (non-hydrogen) atoms. The number of ether oxygens (including phenoxy) is 2. The zero-order valence-electron chi connectivity index (χ0n) is 14.9. The van der Waals surface area contributed by atoms with Gasteiger partial charge in [0.25, 0.3) is 0 Å². The number of methoxy groups -OCH3 is 2. The molecule has 0 radical (unpaired) electrons. The van der Waals surface area contributed by atoms with Crippen molar-refractivity contribution in [2.45, 2.75) is 26.2 Å². The fourth-order valence-electron chi connectivity index (χ4n) is 2.22. The largest absolute Gasteiger partial charge is 0.352 e. The first-order chi connectivity index (χ1) is 11.9. The fraction of sp³-hybridized carbons (Fsp3) is 0.471. The molecule has 1 rings (SSSR count). The molecule has 0 saturated carbocycles. The van der Waals surface area contributed by atoms with Gasteiger partial charge in [0.1, 0.15) is 6.04 Å². The zero-order chi connectivity index (χ0) is 18.8. The molecule has 1 unspecified atom stereocenters. The average Bonchev–Trinajstić information content (AvgIpc) is 2.59. The van der Waals surface area contributed by atoms with Crippen molar-refractivity contribution < 1.29 is 23.9 Å². The van der Waals surface area contributed by atoms with Crippen LogP contribution in [0.25, 0.3) is 0 Å². The molecule has 3 amide bonds. The average molecular weight is 351 g/mol. The number of nitrogens with one attached hydrogen (secondary N) is 3. The maximum atomic E-state index is 12.0. The normalized spacial score (nSPS) is 11.9. The number of amides is 3. The van der Waals surface area contributed by atoms with Crippen molar-refractivity contribution in [2.24, 2.45) is 5.92 Å². The van der Waals surface area contributed by atoms with Gasteiger partial charge in [-0.05, 0) is 18.1 Å². The second kappa shape index (κ2) is 10.4. The van der Waals surface area contributed by atoms with Gasteiger partial charge in [0.2, 0.25) is 18.2 Å². The Kier molecular flexibility index (Phi) is 8.59. The summed E-state index contributed by atoms with van der Waals surface area (Å²) in [5.74, 6) is -0.865. The van der Waals surface area contributed by atoms with Crippen molar-refractivity contribution in [3.05, 3.63) is 29.8 Å². The van der Waals surface area contributed by atoms with Crippen LogP contribution in [-0.2, 0) is 23.9 Å². The Bertz CT molecular complexity index is 570. The lowest BCUT2D eigenvalue weighted by Crippen LogP contribution is -2.48. The summed E-state index contributed by atoms with van der Waals surface area (Å²) >= 11 is 0. The van der Waals surface area contributed by atoms with E-state index in [9.17, 15) is 14.4 Å². The van der Waals surface area contributed by atoms with Gasteiger partial charge in [0.15, 0.2) is 6.29 Å². The predicted octanol–water partition coefficient (Wildman–Crippen LogP) is 0.803. The molecule has 3 N–H and O–H groups in total. The lowest BCUT2D eigenvalue weighted by Gasteiger charge is -2.19.